The maximum Gasteiger partial charge on any atom is 0.138 e. The molecule has 3 rings (SSSR count). The van der Waals surface area contributed by atoms with Crippen molar-refractivity contribution in [1.29, 1.82) is 0 Å². The van der Waals surface area contributed by atoms with Gasteiger partial charge in [-0.3, -0.25) is 4.98 Å². The Bertz CT molecular complexity index is 623. The average molecular weight is 288 g/mol. The van der Waals surface area contributed by atoms with Gasteiger partial charge in [0.15, 0.2) is 0 Å². The van der Waals surface area contributed by atoms with Gasteiger partial charge in [-0.2, -0.15) is 0 Å². The van der Waals surface area contributed by atoms with Crippen molar-refractivity contribution >= 4 is 18.0 Å². The molecule has 1 unspecified atom stereocenters. The summed E-state index contributed by atoms with van der Waals surface area (Å²) in [4.78, 5) is 11.7. The van der Waals surface area contributed by atoms with Gasteiger partial charge in [-0.05, 0) is 24.5 Å². The molecular weight excluding hydrogens is 272 g/mol. The predicted molar refractivity (Wildman–Crippen MR) is 78.9 cm³/mol. The minimum Gasteiger partial charge on any atom is -0.370 e. The summed E-state index contributed by atoms with van der Waals surface area (Å²) in [7, 11) is 0. The lowest BCUT2D eigenvalue weighted by Crippen LogP contribution is -2.08. The molecule has 5 nitrogen and oxygen atoms in total. The average Bonchev–Trinajstić information content (AvgIpc) is 3.00. The van der Waals surface area contributed by atoms with Crippen LogP contribution in [0.4, 0.5) is 5.82 Å². The molecule has 2 aromatic rings. The lowest BCUT2D eigenvalue weighted by Gasteiger charge is -2.12. The quantitative estimate of drug-likeness (QED) is 0.847. The van der Waals surface area contributed by atoms with Crippen LogP contribution in [0.3, 0.4) is 0 Å². The third-order valence-corrected chi connectivity index (χ3v) is 3.41. The van der Waals surface area contributed by atoms with Crippen molar-refractivity contribution in [1.82, 2.24) is 15.0 Å². The second kappa shape index (κ2) is 6.11. The first-order valence-corrected chi connectivity index (χ1v) is 7.08. The Hall–Kier alpha value is -1.79. The third-order valence-electron chi connectivity index (χ3n) is 3.20. The molecule has 1 atom stereocenters. The highest BCUT2D eigenvalue weighted by atomic mass is 32.1. The fourth-order valence-corrected chi connectivity index (χ4v) is 2.43. The monoisotopic (exact) mass is 288 g/mol. The summed E-state index contributed by atoms with van der Waals surface area (Å²) in [6, 6.07) is 5.77. The standard InChI is InChI=1S/C14H16N4OS/c20-13-7-12(16-9-10-3-1-5-15-8-10)17-14(18-13)11-4-2-6-19-11/h1,3,5,7-8,11H,2,4,6,9H2,(H2,16,17,18,20). The van der Waals surface area contributed by atoms with Gasteiger partial charge in [0.25, 0.3) is 0 Å². The van der Waals surface area contributed by atoms with Gasteiger partial charge in [0.05, 0.1) is 0 Å². The van der Waals surface area contributed by atoms with E-state index < -0.39 is 0 Å². The number of aromatic amines is 1. The van der Waals surface area contributed by atoms with E-state index in [1.165, 1.54) is 0 Å². The summed E-state index contributed by atoms with van der Waals surface area (Å²) in [5.41, 5.74) is 1.11. The number of anilines is 1. The minimum absolute atomic E-state index is 0.0387. The van der Waals surface area contributed by atoms with E-state index in [9.17, 15) is 0 Å². The lowest BCUT2D eigenvalue weighted by molar-refractivity contribution is 0.105. The van der Waals surface area contributed by atoms with Gasteiger partial charge >= 0.3 is 0 Å². The Kier molecular flexibility index (Phi) is 4.03. The van der Waals surface area contributed by atoms with Gasteiger partial charge < -0.3 is 15.0 Å². The molecule has 6 heteroatoms. The van der Waals surface area contributed by atoms with Crippen molar-refractivity contribution in [3.05, 3.63) is 46.6 Å². The molecule has 1 fully saturated rings. The molecule has 0 amide bonds. The molecule has 0 aromatic carbocycles. The van der Waals surface area contributed by atoms with Gasteiger partial charge in [0.1, 0.15) is 22.4 Å². The predicted octanol–water partition coefficient (Wildman–Crippen LogP) is 3.00. The first-order chi connectivity index (χ1) is 9.81. The van der Waals surface area contributed by atoms with Crippen LogP contribution in [0.1, 0.15) is 30.3 Å². The molecule has 2 N–H and O–H groups in total. The number of nitrogens with one attached hydrogen (secondary N) is 2. The third kappa shape index (κ3) is 3.20. The zero-order valence-corrected chi connectivity index (χ0v) is 11.8. The maximum absolute atomic E-state index is 5.63. The van der Waals surface area contributed by atoms with E-state index in [4.69, 9.17) is 17.0 Å². The van der Waals surface area contributed by atoms with Gasteiger partial charge in [0, 0.05) is 31.6 Å². The van der Waals surface area contributed by atoms with Crippen molar-refractivity contribution in [3.8, 4) is 0 Å². The van der Waals surface area contributed by atoms with Crippen molar-refractivity contribution in [2.45, 2.75) is 25.5 Å². The molecule has 0 saturated carbocycles. The summed E-state index contributed by atoms with van der Waals surface area (Å²) in [6.07, 6.45) is 5.70. The zero-order valence-electron chi connectivity index (χ0n) is 11.0. The van der Waals surface area contributed by atoms with E-state index in [-0.39, 0.29) is 6.10 Å². The van der Waals surface area contributed by atoms with Gasteiger partial charge in [-0.25, -0.2) is 4.98 Å². The fourth-order valence-electron chi connectivity index (χ4n) is 2.22. The summed E-state index contributed by atoms with van der Waals surface area (Å²) >= 11 is 5.21. The highest BCUT2D eigenvalue weighted by molar-refractivity contribution is 7.71. The summed E-state index contributed by atoms with van der Waals surface area (Å²) in [5, 5.41) is 3.31. The highest BCUT2D eigenvalue weighted by Gasteiger charge is 2.20. The van der Waals surface area contributed by atoms with Crippen molar-refractivity contribution in [2.24, 2.45) is 0 Å². The topological polar surface area (TPSA) is 62.8 Å². The van der Waals surface area contributed by atoms with E-state index >= 15 is 0 Å². The summed E-state index contributed by atoms with van der Waals surface area (Å²) in [6.45, 7) is 1.48. The second-order valence-corrected chi connectivity index (χ2v) is 5.15. The molecule has 1 saturated heterocycles. The van der Waals surface area contributed by atoms with Crippen LogP contribution in [0.15, 0.2) is 30.6 Å². The van der Waals surface area contributed by atoms with Crippen molar-refractivity contribution < 1.29 is 4.74 Å². The molecule has 0 bridgehead atoms. The van der Waals surface area contributed by atoms with Crippen LogP contribution < -0.4 is 5.32 Å². The number of nitrogens with zero attached hydrogens (tertiary/aromatic N) is 2. The number of rotatable bonds is 4. The number of hydrogen-bond acceptors (Lipinski definition) is 5. The first-order valence-electron chi connectivity index (χ1n) is 6.67. The van der Waals surface area contributed by atoms with Crippen LogP contribution in [0.5, 0.6) is 0 Å². The van der Waals surface area contributed by atoms with Crippen LogP contribution in [0, 0.1) is 4.64 Å². The minimum atomic E-state index is 0.0387. The SMILES string of the molecule is S=c1cc(NCc2cccnc2)[nH]c(C2CCCO2)n1. The Morgan fingerprint density at radius 1 is 1.50 bits per heavy atom. The van der Waals surface area contributed by atoms with Crippen LogP contribution in [-0.2, 0) is 11.3 Å². The Labute approximate surface area is 122 Å². The van der Waals surface area contributed by atoms with E-state index in [0.717, 1.165) is 36.7 Å². The molecule has 2 aromatic heterocycles. The van der Waals surface area contributed by atoms with E-state index in [1.807, 2.05) is 24.4 Å². The van der Waals surface area contributed by atoms with E-state index in [0.29, 0.717) is 11.2 Å². The van der Waals surface area contributed by atoms with Crippen molar-refractivity contribution in [2.75, 3.05) is 11.9 Å². The van der Waals surface area contributed by atoms with E-state index in [1.54, 1.807) is 6.20 Å². The van der Waals surface area contributed by atoms with Crippen LogP contribution in [0.25, 0.3) is 0 Å². The molecule has 1 aliphatic heterocycles. The number of H-pyrrole nitrogens is 1. The number of hydrogen-bond donors (Lipinski definition) is 2. The zero-order chi connectivity index (χ0) is 13.8. The Balaban J connectivity index is 1.74. The Morgan fingerprint density at radius 2 is 2.45 bits per heavy atom. The summed E-state index contributed by atoms with van der Waals surface area (Å²) in [5.74, 6) is 1.67. The molecule has 1 aliphatic rings. The van der Waals surface area contributed by atoms with Crippen LogP contribution in [0.2, 0.25) is 0 Å². The molecule has 20 heavy (non-hydrogen) atoms. The second-order valence-electron chi connectivity index (χ2n) is 4.73. The summed E-state index contributed by atoms with van der Waals surface area (Å²) < 4.78 is 6.21. The van der Waals surface area contributed by atoms with E-state index in [2.05, 4.69) is 20.3 Å². The number of ether oxygens (including phenoxy) is 1. The lowest BCUT2D eigenvalue weighted by atomic mass is 10.2. The number of aromatic nitrogens is 3. The maximum atomic E-state index is 5.63. The molecule has 0 spiro atoms. The molecule has 3 heterocycles. The van der Waals surface area contributed by atoms with Crippen LogP contribution in [-0.4, -0.2) is 21.6 Å². The normalized spacial score (nSPS) is 18.1. The van der Waals surface area contributed by atoms with Gasteiger partial charge in [-0.15, -0.1) is 0 Å². The molecule has 0 aliphatic carbocycles. The van der Waals surface area contributed by atoms with Crippen molar-refractivity contribution in [3.63, 3.8) is 0 Å². The molecule has 0 radical (unpaired) electrons. The molecule has 104 valence electrons. The Morgan fingerprint density at radius 3 is 3.20 bits per heavy atom. The smallest absolute Gasteiger partial charge is 0.138 e. The van der Waals surface area contributed by atoms with Crippen LogP contribution >= 0.6 is 12.2 Å². The largest absolute Gasteiger partial charge is 0.370 e. The number of pyridine rings is 1. The first kappa shape index (κ1) is 13.2. The van der Waals surface area contributed by atoms with Gasteiger partial charge in [0.2, 0.25) is 0 Å². The molecular formula is C14H16N4OS. The highest BCUT2D eigenvalue weighted by Crippen LogP contribution is 2.26. The fraction of sp³-hybridized carbons (Fsp3) is 0.357. The van der Waals surface area contributed by atoms with Gasteiger partial charge in [-0.1, -0.05) is 18.3 Å².